The third kappa shape index (κ3) is 91.6. The third-order valence-electron chi connectivity index (χ3n) is 25.6. The van der Waals surface area contributed by atoms with E-state index >= 15 is 0 Å². The summed E-state index contributed by atoms with van der Waals surface area (Å²) in [4.78, 5) is 13.3. The lowest BCUT2D eigenvalue weighted by Crippen LogP contribution is -3.09. The summed E-state index contributed by atoms with van der Waals surface area (Å²) in [7, 11) is 18.2. The summed E-state index contributed by atoms with van der Waals surface area (Å²) in [5.74, 6) is 0. The number of unbranched alkanes of at least 4 members (excludes halogenated alkanes) is 34. The fourth-order valence-corrected chi connectivity index (χ4v) is 14.6. The molecule has 8 aromatic rings. The van der Waals surface area contributed by atoms with E-state index in [1.54, 1.807) is 39.2 Å². The van der Waals surface area contributed by atoms with Crippen molar-refractivity contribution in [3.05, 3.63) is 194 Å². The number of quaternary nitrogens is 8. The van der Waals surface area contributed by atoms with Gasteiger partial charge in [0.1, 0.15) is 0 Å². The van der Waals surface area contributed by atoms with Crippen LogP contribution in [0.2, 0.25) is 0 Å². The molecule has 8 heteroatoms. The Balaban J connectivity index is -0.000000680. The molecule has 0 heterocycles. The van der Waals surface area contributed by atoms with E-state index in [1.807, 2.05) is 0 Å². The molecule has 0 amide bonds. The van der Waals surface area contributed by atoms with Crippen LogP contribution in [0.4, 0.5) is 0 Å². The molecule has 0 aromatic heterocycles. The summed E-state index contributed by atoms with van der Waals surface area (Å²) in [5.41, 5.74) is 0. The minimum atomic E-state index is 1.25. The molecule has 0 aliphatic rings. The van der Waals surface area contributed by atoms with Crippen molar-refractivity contribution in [3.8, 4) is 0 Å². The van der Waals surface area contributed by atoms with Gasteiger partial charge in [0.2, 0.25) is 0 Å². The van der Waals surface area contributed by atoms with Gasteiger partial charge >= 0.3 is 0 Å². The summed E-state index contributed by atoms with van der Waals surface area (Å²) >= 11 is 0. The zero-order valence-corrected chi connectivity index (χ0v) is 91.5. The first-order valence-corrected chi connectivity index (χ1v) is 55.6. The smallest absolute Gasteiger partial charge is 0.0768 e. The Hall–Kier alpha value is -5.52. The van der Waals surface area contributed by atoms with Gasteiger partial charge in [0.05, 0.1) is 161 Å². The van der Waals surface area contributed by atoms with Crippen LogP contribution >= 0.6 is 0 Å². The van der Waals surface area contributed by atoms with E-state index in [-0.39, 0.29) is 0 Å². The number of hydrogen-bond acceptors (Lipinski definition) is 0. The van der Waals surface area contributed by atoms with Crippen molar-refractivity contribution in [1.82, 2.24) is 0 Å². The Morgan fingerprint density at radius 1 is 0.115 bits per heavy atom. The van der Waals surface area contributed by atoms with Crippen molar-refractivity contribution in [2.75, 3.05) is 161 Å². The highest BCUT2D eigenvalue weighted by Gasteiger charge is 2.06. The van der Waals surface area contributed by atoms with Crippen LogP contribution in [0.5, 0.6) is 0 Å². The lowest BCUT2D eigenvalue weighted by atomic mass is 10.1. The van der Waals surface area contributed by atoms with Gasteiger partial charge in [-0.05, 0) is 201 Å². The summed E-state index contributed by atoms with van der Waals surface area (Å²) in [5, 5.41) is 10.5. The average molecular weight is 1810 g/mol. The Kier molecular flexibility index (Phi) is 106. The minimum Gasteiger partial charge on any atom is -0.338 e. The fraction of sp³-hybridized carbons (Fsp3) is 0.672. The summed E-state index contributed by atoms with van der Waals surface area (Å²) < 4.78 is 0. The van der Waals surface area contributed by atoms with Gasteiger partial charge in [-0.25, -0.2) is 0 Å². The van der Waals surface area contributed by atoms with E-state index < -0.39 is 0 Å². The second-order valence-electron chi connectivity index (χ2n) is 37.9. The Labute approximate surface area is 812 Å². The van der Waals surface area contributed by atoms with E-state index in [0.29, 0.717) is 0 Å². The molecule has 8 rings (SSSR count). The van der Waals surface area contributed by atoms with E-state index in [2.05, 4.69) is 361 Å². The van der Waals surface area contributed by atoms with Crippen LogP contribution in [-0.2, 0) is 0 Å². The molecule has 0 saturated heterocycles. The molecular weight excluding hydrogens is 1580 g/mol. The van der Waals surface area contributed by atoms with E-state index in [0.717, 1.165) is 0 Å². The van der Waals surface area contributed by atoms with Crippen LogP contribution in [0.1, 0.15) is 380 Å². The summed E-state index contributed by atoms with van der Waals surface area (Å²) in [6.45, 7) is 56.9. The molecule has 130 heavy (non-hydrogen) atoms. The normalized spacial score (nSPS) is 10.6. The standard InChI is InChI=1S/C21H45N.C17H37N.C13H29N.C11H25N.4C10H8.4C5H13N/c1-4-6-8-10-12-14-16-18-20-22(3)21-19-17-15-13-11-9-7-5-2;1-4-6-8-10-12-14-16-18(3)17-15-13-11-9-7-5-2;1-4-6-8-10-12-14(3)13-11-9-7-5-2;1-4-6-8-10-12(3)11-9-7-5-2;4*1-2-6-10-8-4-3-7-9(10)5-1;4*1-4-6(3)5-2/h4-21H2,1-3H3;4-17H2,1-3H3;4-13H2,1-3H3;4-11H2,1-3H3;4*1-8H;4*4-5H2,1-3H3/p+8. The van der Waals surface area contributed by atoms with Crippen LogP contribution in [0.15, 0.2) is 194 Å². The molecule has 0 aliphatic heterocycles. The largest absolute Gasteiger partial charge is 0.338 e. The molecule has 0 fully saturated rings. The highest BCUT2D eigenvalue weighted by molar-refractivity contribution is 5.84. The van der Waals surface area contributed by atoms with Gasteiger partial charge in [-0.3, -0.25) is 0 Å². The van der Waals surface area contributed by atoms with Crippen molar-refractivity contribution in [3.63, 3.8) is 0 Å². The van der Waals surface area contributed by atoms with Crippen molar-refractivity contribution in [2.45, 2.75) is 380 Å². The molecule has 0 bridgehead atoms. The van der Waals surface area contributed by atoms with Crippen molar-refractivity contribution >= 4 is 43.1 Å². The van der Waals surface area contributed by atoms with Crippen LogP contribution in [0.25, 0.3) is 43.1 Å². The molecule has 8 aromatic carbocycles. The molecule has 748 valence electrons. The van der Waals surface area contributed by atoms with Gasteiger partial charge in [0.15, 0.2) is 0 Å². The van der Waals surface area contributed by atoms with E-state index in [4.69, 9.17) is 0 Å². The van der Waals surface area contributed by atoms with Crippen molar-refractivity contribution in [1.29, 1.82) is 0 Å². The monoisotopic (exact) mass is 1810 g/mol. The molecule has 0 aliphatic carbocycles. The average Bonchev–Trinajstić information content (AvgIpc) is 0.889. The Bertz CT molecular complexity index is 2770. The molecule has 0 atom stereocenters. The third-order valence-corrected chi connectivity index (χ3v) is 25.6. The predicted molar refractivity (Wildman–Crippen MR) is 593 cm³/mol. The topological polar surface area (TPSA) is 35.5 Å². The molecule has 0 radical (unpaired) electrons. The molecule has 8 N–H and O–H groups in total. The van der Waals surface area contributed by atoms with Crippen molar-refractivity contribution in [2.24, 2.45) is 0 Å². The molecule has 0 spiro atoms. The maximum Gasteiger partial charge on any atom is 0.0768 e. The number of fused-ring (bicyclic) bond motifs is 4. The number of hydrogen-bond donors (Lipinski definition) is 8. The first-order valence-electron chi connectivity index (χ1n) is 55.6. The molecular formula is C122H228N8+8. The van der Waals surface area contributed by atoms with Gasteiger partial charge in [-0.1, -0.05) is 416 Å². The van der Waals surface area contributed by atoms with Crippen LogP contribution < -0.4 is 39.2 Å². The SMILES string of the molecule is CCCCCCCCCC[NH+](C)CCCCCCCCCC.CCCCCCCC[NH+](C)CCCCCCCC.CCCCCC[NH+](C)CCCCCC.CCCCC[NH+](C)CCCCC.CC[NH+](C)CC.CC[NH+](C)CC.CC[NH+](C)CC.CC[NH+](C)CC.c1ccc2ccccc2c1.c1ccc2ccccc2c1.c1ccc2ccccc2c1.c1ccc2ccccc2c1. The lowest BCUT2D eigenvalue weighted by Gasteiger charge is -2.13. The second-order valence-corrected chi connectivity index (χ2v) is 37.9. The number of nitrogens with one attached hydrogen (secondary N) is 8. The quantitative estimate of drug-likeness (QED) is 0.0175. The predicted octanol–water partition coefficient (Wildman–Crippen LogP) is 24.1. The summed E-state index contributed by atoms with van der Waals surface area (Å²) in [6.07, 6.45) is 59.9. The zero-order valence-electron chi connectivity index (χ0n) is 91.5. The Morgan fingerprint density at radius 3 is 0.300 bits per heavy atom. The number of benzene rings is 8. The van der Waals surface area contributed by atoms with Gasteiger partial charge in [0.25, 0.3) is 0 Å². The molecule has 0 unspecified atom stereocenters. The first-order chi connectivity index (χ1) is 63.3. The number of rotatable bonds is 58. The fourth-order valence-electron chi connectivity index (χ4n) is 14.6. The minimum absolute atomic E-state index is 1.25. The Morgan fingerprint density at radius 2 is 0.200 bits per heavy atom. The second kappa shape index (κ2) is 106. The maximum atomic E-state index is 2.39. The highest BCUT2D eigenvalue weighted by atomic mass is 15.1. The molecule has 8 nitrogen and oxygen atoms in total. The van der Waals surface area contributed by atoms with Crippen molar-refractivity contribution < 1.29 is 39.2 Å². The van der Waals surface area contributed by atoms with E-state index in [1.165, 1.54) is 417 Å². The first kappa shape index (κ1) is 131. The van der Waals surface area contributed by atoms with E-state index in [9.17, 15) is 0 Å². The molecule has 0 saturated carbocycles. The van der Waals surface area contributed by atoms with Crippen LogP contribution in [-0.4, -0.2) is 161 Å². The zero-order chi connectivity index (χ0) is 96.9. The lowest BCUT2D eigenvalue weighted by molar-refractivity contribution is -0.880. The highest BCUT2D eigenvalue weighted by Crippen LogP contribution is 2.16. The van der Waals surface area contributed by atoms with Crippen LogP contribution in [0.3, 0.4) is 0 Å². The van der Waals surface area contributed by atoms with Gasteiger partial charge in [-0.15, -0.1) is 0 Å². The van der Waals surface area contributed by atoms with Crippen LogP contribution in [0, 0.1) is 0 Å². The summed E-state index contributed by atoms with van der Waals surface area (Å²) in [6, 6.07) is 66.9. The van der Waals surface area contributed by atoms with Gasteiger partial charge < -0.3 is 39.2 Å². The van der Waals surface area contributed by atoms with Gasteiger partial charge in [-0.2, -0.15) is 0 Å². The van der Waals surface area contributed by atoms with Gasteiger partial charge in [0, 0.05) is 0 Å². The maximum absolute atomic E-state index is 2.39.